The molecule has 2 rings (SSSR count). The number of hydrogen-bond acceptors (Lipinski definition) is 2. The maximum absolute atomic E-state index is 11.7. The molecular weight excluding hydrogens is 164 g/mol. The predicted octanol–water partition coefficient (Wildman–Crippen LogP) is 1.48. The van der Waals surface area contributed by atoms with Gasteiger partial charge in [0, 0.05) is 5.92 Å². The van der Waals surface area contributed by atoms with E-state index >= 15 is 0 Å². The van der Waals surface area contributed by atoms with E-state index in [1.54, 1.807) is 0 Å². The van der Waals surface area contributed by atoms with Crippen LogP contribution >= 0.6 is 0 Å². The Morgan fingerprint density at radius 3 is 2.46 bits per heavy atom. The third-order valence-corrected chi connectivity index (χ3v) is 2.98. The Balaban J connectivity index is 2.25. The van der Waals surface area contributed by atoms with Gasteiger partial charge in [-0.3, -0.25) is 9.79 Å². The Bertz CT molecular complexity index is 262. The molecule has 1 heterocycles. The molecule has 0 radical (unpaired) electrons. The van der Waals surface area contributed by atoms with Gasteiger partial charge in [0.15, 0.2) is 0 Å². The zero-order valence-corrected chi connectivity index (χ0v) is 8.26. The van der Waals surface area contributed by atoms with Crippen LogP contribution in [0.15, 0.2) is 4.99 Å². The van der Waals surface area contributed by atoms with Crippen LogP contribution in [0.25, 0.3) is 0 Å². The van der Waals surface area contributed by atoms with Crippen molar-refractivity contribution in [1.29, 1.82) is 0 Å². The minimum atomic E-state index is -0.362. The molecule has 0 aromatic carbocycles. The van der Waals surface area contributed by atoms with Gasteiger partial charge in [0.1, 0.15) is 11.4 Å². The summed E-state index contributed by atoms with van der Waals surface area (Å²) < 4.78 is 0. The van der Waals surface area contributed by atoms with Crippen molar-refractivity contribution in [3.63, 3.8) is 0 Å². The molecule has 1 aliphatic carbocycles. The second-order valence-electron chi connectivity index (χ2n) is 4.34. The van der Waals surface area contributed by atoms with Crippen molar-refractivity contribution >= 4 is 11.7 Å². The molecule has 0 aromatic rings. The summed E-state index contributed by atoms with van der Waals surface area (Å²) in [5.41, 5.74) is -0.362. The van der Waals surface area contributed by atoms with E-state index in [1.807, 2.05) is 0 Å². The summed E-state index contributed by atoms with van der Waals surface area (Å²) in [6.07, 6.45) is 4.16. The first kappa shape index (κ1) is 8.73. The van der Waals surface area contributed by atoms with Crippen molar-refractivity contribution < 1.29 is 4.79 Å². The van der Waals surface area contributed by atoms with Gasteiger partial charge in [-0.2, -0.15) is 0 Å². The van der Waals surface area contributed by atoms with Crippen molar-refractivity contribution in [2.24, 2.45) is 10.9 Å². The van der Waals surface area contributed by atoms with E-state index < -0.39 is 0 Å². The van der Waals surface area contributed by atoms with E-state index in [0.717, 1.165) is 31.5 Å². The van der Waals surface area contributed by atoms with E-state index in [9.17, 15) is 4.79 Å². The SMILES string of the molecule is CC(C)C1=NC2(CCCC2)C(=O)N1. The lowest BCUT2D eigenvalue weighted by atomic mass is 9.99. The molecule has 1 saturated carbocycles. The lowest BCUT2D eigenvalue weighted by molar-refractivity contribution is -0.123. The van der Waals surface area contributed by atoms with Crippen LogP contribution in [0.4, 0.5) is 0 Å². The zero-order valence-electron chi connectivity index (χ0n) is 8.26. The van der Waals surface area contributed by atoms with Crippen molar-refractivity contribution in [3.8, 4) is 0 Å². The lowest BCUT2D eigenvalue weighted by Crippen LogP contribution is -2.37. The second-order valence-corrected chi connectivity index (χ2v) is 4.34. The standard InChI is InChI=1S/C10H16N2O/c1-7(2)8-11-9(13)10(12-8)5-3-4-6-10/h7H,3-6H2,1-2H3,(H,11,12,13). The maximum Gasteiger partial charge on any atom is 0.253 e. The topological polar surface area (TPSA) is 41.5 Å². The molecule has 1 spiro atoms. The normalized spacial score (nSPS) is 25.5. The largest absolute Gasteiger partial charge is 0.312 e. The number of nitrogens with zero attached hydrogens (tertiary/aromatic N) is 1. The first-order chi connectivity index (χ1) is 6.14. The van der Waals surface area contributed by atoms with Crippen LogP contribution in [0.3, 0.4) is 0 Å². The second kappa shape index (κ2) is 2.82. The fourth-order valence-electron chi connectivity index (χ4n) is 2.11. The van der Waals surface area contributed by atoms with Crippen LogP contribution in [-0.4, -0.2) is 17.3 Å². The molecule has 0 saturated heterocycles. The fourth-order valence-corrected chi connectivity index (χ4v) is 2.11. The Labute approximate surface area is 78.6 Å². The van der Waals surface area contributed by atoms with Crippen molar-refractivity contribution in [3.05, 3.63) is 0 Å². The van der Waals surface area contributed by atoms with Gasteiger partial charge >= 0.3 is 0 Å². The molecule has 0 aromatic heterocycles. The predicted molar refractivity (Wildman–Crippen MR) is 51.6 cm³/mol. The fraction of sp³-hybridized carbons (Fsp3) is 0.800. The van der Waals surface area contributed by atoms with E-state index in [1.165, 1.54) is 0 Å². The summed E-state index contributed by atoms with van der Waals surface area (Å²) in [7, 11) is 0. The third-order valence-electron chi connectivity index (χ3n) is 2.98. The highest BCUT2D eigenvalue weighted by Crippen LogP contribution is 2.36. The molecule has 13 heavy (non-hydrogen) atoms. The zero-order chi connectivity index (χ0) is 9.47. The average molecular weight is 180 g/mol. The molecule has 0 atom stereocenters. The number of amidine groups is 1. The molecule has 0 unspecified atom stereocenters. The van der Waals surface area contributed by atoms with Crippen LogP contribution in [-0.2, 0) is 4.79 Å². The average Bonchev–Trinajstić information content (AvgIpc) is 2.63. The number of hydrogen-bond donors (Lipinski definition) is 1. The minimum absolute atomic E-state index is 0.133. The van der Waals surface area contributed by atoms with Crippen molar-refractivity contribution in [2.45, 2.75) is 45.1 Å². The van der Waals surface area contributed by atoms with Crippen LogP contribution in [0.5, 0.6) is 0 Å². The molecule has 3 nitrogen and oxygen atoms in total. The number of carbonyl (C=O) groups excluding carboxylic acids is 1. The minimum Gasteiger partial charge on any atom is -0.312 e. The molecule has 2 aliphatic rings. The van der Waals surface area contributed by atoms with Crippen LogP contribution in [0.2, 0.25) is 0 Å². The highest BCUT2D eigenvalue weighted by Gasteiger charge is 2.45. The molecule has 1 N–H and O–H groups in total. The Morgan fingerprint density at radius 2 is 2.00 bits per heavy atom. The van der Waals surface area contributed by atoms with Gasteiger partial charge in [0.2, 0.25) is 0 Å². The summed E-state index contributed by atoms with van der Waals surface area (Å²) in [5.74, 6) is 1.35. The van der Waals surface area contributed by atoms with E-state index in [2.05, 4.69) is 24.2 Å². The van der Waals surface area contributed by atoms with Crippen LogP contribution < -0.4 is 5.32 Å². The molecule has 72 valence electrons. The number of carbonyl (C=O) groups is 1. The Morgan fingerprint density at radius 1 is 1.38 bits per heavy atom. The highest BCUT2D eigenvalue weighted by atomic mass is 16.2. The van der Waals surface area contributed by atoms with Gasteiger partial charge in [0.05, 0.1) is 0 Å². The van der Waals surface area contributed by atoms with E-state index in [0.29, 0.717) is 5.92 Å². The van der Waals surface area contributed by atoms with E-state index in [4.69, 9.17) is 0 Å². The first-order valence-electron chi connectivity index (χ1n) is 5.05. The lowest BCUT2D eigenvalue weighted by Gasteiger charge is -2.14. The maximum atomic E-state index is 11.7. The molecule has 1 aliphatic heterocycles. The van der Waals surface area contributed by atoms with Gasteiger partial charge in [-0.05, 0) is 12.8 Å². The molecular formula is C10H16N2O. The smallest absolute Gasteiger partial charge is 0.253 e. The van der Waals surface area contributed by atoms with Gasteiger partial charge in [-0.15, -0.1) is 0 Å². The summed E-state index contributed by atoms with van der Waals surface area (Å²) in [4.78, 5) is 16.2. The highest BCUT2D eigenvalue weighted by molar-refractivity contribution is 6.09. The third kappa shape index (κ3) is 1.26. The van der Waals surface area contributed by atoms with Crippen LogP contribution in [0, 0.1) is 5.92 Å². The van der Waals surface area contributed by atoms with Gasteiger partial charge in [0.25, 0.3) is 5.91 Å². The van der Waals surface area contributed by atoms with Gasteiger partial charge in [-0.25, -0.2) is 0 Å². The Hall–Kier alpha value is -0.860. The number of rotatable bonds is 1. The molecule has 3 heteroatoms. The summed E-state index contributed by atoms with van der Waals surface area (Å²) in [6, 6.07) is 0. The number of nitrogens with one attached hydrogen (secondary N) is 1. The molecule has 0 bridgehead atoms. The quantitative estimate of drug-likeness (QED) is 0.652. The molecule has 1 amide bonds. The van der Waals surface area contributed by atoms with E-state index in [-0.39, 0.29) is 11.4 Å². The number of amides is 1. The van der Waals surface area contributed by atoms with Gasteiger partial charge in [-0.1, -0.05) is 26.7 Å². The van der Waals surface area contributed by atoms with Gasteiger partial charge < -0.3 is 5.32 Å². The van der Waals surface area contributed by atoms with Crippen molar-refractivity contribution in [1.82, 2.24) is 5.32 Å². The number of aliphatic imine (C=N–C) groups is 1. The Kier molecular flexibility index (Phi) is 1.90. The summed E-state index contributed by atoms with van der Waals surface area (Å²) in [6.45, 7) is 4.13. The van der Waals surface area contributed by atoms with Crippen LogP contribution in [0.1, 0.15) is 39.5 Å². The first-order valence-corrected chi connectivity index (χ1v) is 5.05. The van der Waals surface area contributed by atoms with Crippen molar-refractivity contribution in [2.75, 3.05) is 0 Å². The summed E-state index contributed by atoms with van der Waals surface area (Å²) in [5, 5.41) is 2.90. The summed E-state index contributed by atoms with van der Waals surface area (Å²) >= 11 is 0. The monoisotopic (exact) mass is 180 g/mol. The molecule has 1 fully saturated rings.